The van der Waals surface area contributed by atoms with Crippen LogP contribution in [0.4, 0.5) is 13.2 Å². The second-order valence-corrected chi connectivity index (χ2v) is 6.93. The van der Waals surface area contributed by atoms with Crippen molar-refractivity contribution in [3.05, 3.63) is 46.7 Å². The molecule has 138 valence electrons. The van der Waals surface area contributed by atoms with Crippen LogP contribution in [-0.2, 0) is 22.3 Å². The maximum absolute atomic E-state index is 12.4. The number of halogens is 3. The Morgan fingerprint density at radius 2 is 2.08 bits per heavy atom. The molecule has 0 aromatic heterocycles. The van der Waals surface area contributed by atoms with Gasteiger partial charge in [0.05, 0.1) is 11.4 Å². The van der Waals surface area contributed by atoms with E-state index in [1.165, 1.54) is 24.3 Å². The predicted molar refractivity (Wildman–Crippen MR) is 90.2 cm³/mol. The summed E-state index contributed by atoms with van der Waals surface area (Å²) in [4.78, 5) is 16.5. The molecule has 1 atom stereocenters. The van der Waals surface area contributed by atoms with Gasteiger partial charge in [0.25, 0.3) is 0 Å². The van der Waals surface area contributed by atoms with E-state index in [0.29, 0.717) is 29.0 Å². The standard InChI is InChI=1S/C17H14F3NO4S/c1-9-4-11(21-15(9)8-26(23)24)6-14-13-7-12(25-17(18,19)20)3-2-10(13)5-16(14)22/h2-3,6-7H,4-5,8H2,1H3,(H,23,24)/b14-6-. The molecule has 0 amide bonds. The fourth-order valence-electron chi connectivity index (χ4n) is 2.94. The monoisotopic (exact) mass is 385 g/mol. The fourth-order valence-corrected chi connectivity index (χ4v) is 3.48. The highest BCUT2D eigenvalue weighted by atomic mass is 32.2. The molecule has 0 fully saturated rings. The number of hydrogen-bond donors (Lipinski definition) is 1. The summed E-state index contributed by atoms with van der Waals surface area (Å²) in [7, 11) is 0. The molecule has 1 N–H and O–H groups in total. The third-order valence-corrected chi connectivity index (χ3v) is 4.57. The van der Waals surface area contributed by atoms with Gasteiger partial charge in [0.15, 0.2) is 16.9 Å². The molecule has 1 aliphatic carbocycles. The highest BCUT2D eigenvalue weighted by molar-refractivity contribution is 7.79. The summed E-state index contributed by atoms with van der Waals surface area (Å²) in [6, 6.07) is 3.81. The molecule has 0 saturated carbocycles. The highest BCUT2D eigenvalue weighted by Crippen LogP contribution is 2.35. The first-order valence-corrected chi connectivity index (χ1v) is 8.87. The lowest BCUT2D eigenvalue weighted by Gasteiger charge is -2.10. The topological polar surface area (TPSA) is 76.0 Å². The zero-order valence-corrected chi connectivity index (χ0v) is 14.4. The number of nitrogens with zero attached hydrogens (tertiary/aromatic N) is 1. The molecule has 9 heteroatoms. The predicted octanol–water partition coefficient (Wildman–Crippen LogP) is 3.43. The lowest BCUT2D eigenvalue weighted by molar-refractivity contribution is -0.274. The van der Waals surface area contributed by atoms with Crippen LogP contribution in [0.1, 0.15) is 24.5 Å². The molecular formula is C17H14F3NO4S. The van der Waals surface area contributed by atoms with Gasteiger partial charge in [-0.2, -0.15) is 0 Å². The number of Topliss-reactive ketones (excluding diaryl/α,β-unsaturated/α-hetero) is 1. The molecule has 1 aromatic carbocycles. The third-order valence-electron chi connectivity index (χ3n) is 4.05. The summed E-state index contributed by atoms with van der Waals surface area (Å²) in [6.45, 7) is 1.77. The van der Waals surface area contributed by atoms with Gasteiger partial charge in [-0.15, -0.1) is 13.2 Å². The quantitative estimate of drug-likeness (QED) is 0.636. The van der Waals surface area contributed by atoms with Gasteiger partial charge in [-0.3, -0.25) is 9.79 Å². The largest absolute Gasteiger partial charge is 0.573 e. The zero-order chi connectivity index (χ0) is 19.1. The minimum atomic E-state index is -4.81. The van der Waals surface area contributed by atoms with Crippen LogP contribution in [0.2, 0.25) is 0 Å². The van der Waals surface area contributed by atoms with E-state index in [-0.39, 0.29) is 23.5 Å². The first kappa shape index (κ1) is 18.5. The molecule has 0 bridgehead atoms. The number of fused-ring (bicyclic) bond motifs is 1. The number of carbonyl (C=O) groups excluding carboxylic acids is 1. The lowest BCUT2D eigenvalue weighted by atomic mass is 10.0. The summed E-state index contributed by atoms with van der Waals surface area (Å²) < 4.78 is 61.1. The van der Waals surface area contributed by atoms with E-state index in [9.17, 15) is 22.2 Å². The molecule has 1 unspecified atom stereocenters. The van der Waals surface area contributed by atoms with Gasteiger partial charge < -0.3 is 9.29 Å². The van der Waals surface area contributed by atoms with Crippen molar-refractivity contribution < 1.29 is 31.5 Å². The van der Waals surface area contributed by atoms with Crippen molar-refractivity contribution in [1.82, 2.24) is 0 Å². The van der Waals surface area contributed by atoms with Gasteiger partial charge in [0, 0.05) is 24.1 Å². The van der Waals surface area contributed by atoms with Crippen LogP contribution in [0.3, 0.4) is 0 Å². The summed E-state index contributed by atoms with van der Waals surface area (Å²) in [5.41, 5.74) is 3.11. The number of carbonyl (C=O) groups is 1. The van der Waals surface area contributed by atoms with Crippen LogP contribution in [0.15, 0.2) is 40.5 Å². The maximum Gasteiger partial charge on any atom is 0.573 e. The Labute approximate surface area is 149 Å². The van der Waals surface area contributed by atoms with E-state index in [0.717, 1.165) is 5.57 Å². The van der Waals surface area contributed by atoms with Crippen molar-refractivity contribution in [2.24, 2.45) is 4.99 Å². The van der Waals surface area contributed by atoms with Gasteiger partial charge in [0.2, 0.25) is 0 Å². The van der Waals surface area contributed by atoms with E-state index in [4.69, 9.17) is 4.55 Å². The molecule has 1 aromatic rings. The molecule has 26 heavy (non-hydrogen) atoms. The van der Waals surface area contributed by atoms with Crippen LogP contribution in [0.5, 0.6) is 5.75 Å². The number of hydrogen-bond acceptors (Lipinski definition) is 4. The van der Waals surface area contributed by atoms with Crippen molar-refractivity contribution in [3.8, 4) is 5.75 Å². The second kappa shape index (κ2) is 6.81. The van der Waals surface area contributed by atoms with Crippen molar-refractivity contribution in [3.63, 3.8) is 0 Å². The van der Waals surface area contributed by atoms with E-state index in [2.05, 4.69) is 9.73 Å². The molecular weight excluding hydrogens is 371 g/mol. The van der Waals surface area contributed by atoms with Crippen molar-refractivity contribution in [2.45, 2.75) is 26.1 Å². The summed E-state index contributed by atoms with van der Waals surface area (Å²) in [5, 5.41) is 0. The van der Waals surface area contributed by atoms with Crippen LogP contribution in [0.25, 0.3) is 5.57 Å². The number of alkyl halides is 3. The Morgan fingerprint density at radius 3 is 2.73 bits per heavy atom. The van der Waals surface area contributed by atoms with Crippen molar-refractivity contribution in [2.75, 3.05) is 5.75 Å². The van der Waals surface area contributed by atoms with E-state index >= 15 is 0 Å². The molecule has 0 saturated heterocycles. The third kappa shape index (κ3) is 4.10. The van der Waals surface area contributed by atoms with Gasteiger partial charge in [-0.25, -0.2) is 4.21 Å². The number of benzene rings is 1. The van der Waals surface area contributed by atoms with Crippen LogP contribution < -0.4 is 4.74 Å². The average molecular weight is 385 g/mol. The fraction of sp³-hybridized carbons (Fsp3) is 0.294. The van der Waals surface area contributed by atoms with Crippen LogP contribution in [0, 0.1) is 0 Å². The SMILES string of the molecule is CC1=C(CS(=O)O)N=C(/C=C2\C(=O)Cc3ccc(OC(F)(F)F)cc32)C1. The smallest absolute Gasteiger partial charge is 0.406 e. The average Bonchev–Trinajstić information content (AvgIpc) is 2.98. The van der Waals surface area contributed by atoms with E-state index in [1.807, 2.05) is 0 Å². The van der Waals surface area contributed by atoms with E-state index in [1.54, 1.807) is 6.92 Å². The number of rotatable bonds is 4. The zero-order valence-electron chi connectivity index (χ0n) is 13.6. The first-order chi connectivity index (χ1) is 12.1. The van der Waals surface area contributed by atoms with Crippen LogP contribution in [-0.4, -0.2) is 32.4 Å². The minimum Gasteiger partial charge on any atom is -0.406 e. The van der Waals surface area contributed by atoms with Gasteiger partial charge in [-0.05, 0) is 41.8 Å². The second-order valence-electron chi connectivity index (χ2n) is 6.00. The van der Waals surface area contributed by atoms with Gasteiger partial charge in [-0.1, -0.05) is 6.07 Å². The molecule has 1 aliphatic heterocycles. The number of ketones is 1. The Bertz CT molecular complexity index is 900. The molecule has 3 rings (SSSR count). The maximum atomic E-state index is 12.4. The van der Waals surface area contributed by atoms with Crippen LogP contribution >= 0.6 is 0 Å². The lowest BCUT2D eigenvalue weighted by Crippen LogP contribution is -2.17. The Morgan fingerprint density at radius 1 is 1.35 bits per heavy atom. The summed E-state index contributed by atoms with van der Waals surface area (Å²) in [6.07, 6.45) is -2.77. The number of aliphatic imine (C=N–C) groups is 1. The summed E-state index contributed by atoms with van der Waals surface area (Å²) in [5.74, 6) is -0.716. The van der Waals surface area contributed by atoms with Gasteiger partial charge >= 0.3 is 6.36 Å². The normalized spacial score (nSPS) is 19.8. The minimum absolute atomic E-state index is 0.0979. The highest BCUT2D eigenvalue weighted by Gasteiger charge is 2.32. The Kier molecular flexibility index (Phi) is 4.85. The molecule has 1 heterocycles. The molecule has 0 radical (unpaired) electrons. The molecule has 5 nitrogen and oxygen atoms in total. The first-order valence-electron chi connectivity index (χ1n) is 7.60. The van der Waals surface area contributed by atoms with Gasteiger partial charge in [0.1, 0.15) is 5.75 Å². The Hall–Kier alpha value is -2.26. The number of allylic oxidation sites excluding steroid dienone is 3. The summed E-state index contributed by atoms with van der Waals surface area (Å²) >= 11 is -2.03. The number of ether oxygens (including phenoxy) is 1. The van der Waals surface area contributed by atoms with E-state index < -0.39 is 23.2 Å². The van der Waals surface area contributed by atoms with Crippen molar-refractivity contribution in [1.29, 1.82) is 0 Å². The Balaban J connectivity index is 1.91. The van der Waals surface area contributed by atoms with Crippen molar-refractivity contribution >= 4 is 28.1 Å². The molecule has 2 aliphatic rings. The molecule has 0 spiro atoms.